The van der Waals surface area contributed by atoms with Crippen molar-refractivity contribution < 1.29 is 28.7 Å². The van der Waals surface area contributed by atoms with Crippen molar-refractivity contribution in [2.45, 2.75) is 69.7 Å². The molecule has 4 aliphatic rings. The summed E-state index contributed by atoms with van der Waals surface area (Å²) in [7, 11) is 0. The number of ether oxygens (including phenoxy) is 2. The number of carbonyl (C=O) groups is 4. The van der Waals surface area contributed by atoms with E-state index in [1.165, 1.54) is 11.1 Å². The first-order valence-corrected chi connectivity index (χ1v) is 18.5. The summed E-state index contributed by atoms with van der Waals surface area (Å²) in [6.45, 7) is 8.42. The van der Waals surface area contributed by atoms with E-state index in [4.69, 9.17) is 14.5 Å². The first kappa shape index (κ1) is 35.2. The minimum atomic E-state index is -0.984. The molecule has 278 valence electrons. The number of imide groups is 2. The van der Waals surface area contributed by atoms with Gasteiger partial charge in [-0.25, -0.2) is 9.97 Å². The van der Waals surface area contributed by atoms with Gasteiger partial charge in [-0.15, -0.1) is 0 Å². The smallest absolute Gasteiger partial charge is 0.262 e. The zero-order chi connectivity index (χ0) is 37.4. The van der Waals surface area contributed by atoms with Gasteiger partial charge in [-0.3, -0.25) is 29.4 Å². The lowest BCUT2D eigenvalue weighted by molar-refractivity contribution is -0.136. The number of fused-ring (bicyclic) bond motifs is 1. The van der Waals surface area contributed by atoms with E-state index >= 15 is 0 Å². The zero-order valence-corrected chi connectivity index (χ0v) is 30.3. The quantitative estimate of drug-likeness (QED) is 0.190. The van der Waals surface area contributed by atoms with Crippen LogP contribution in [-0.4, -0.2) is 82.9 Å². The SMILES string of the molecule is CC(C)(c1ccc(OCc2ccnc(N3CCNCC3)n2)cc1)c1ccc(OC2CC(Nc3ccc4c(c3)C(=O)N(C3CCC(=O)NC3=O)C4=O)C2)cc1. The monoisotopic (exact) mass is 729 g/mol. The summed E-state index contributed by atoms with van der Waals surface area (Å²) >= 11 is 0. The number of rotatable bonds is 11. The molecule has 1 saturated carbocycles. The van der Waals surface area contributed by atoms with E-state index in [-0.39, 0.29) is 41.5 Å². The van der Waals surface area contributed by atoms with Crippen LogP contribution in [0.4, 0.5) is 11.6 Å². The molecule has 4 aromatic rings. The molecule has 13 heteroatoms. The number of piperidine rings is 1. The van der Waals surface area contributed by atoms with Crippen molar-refractivity contribution in [2.75, 3.05) is 36.4 Å². The molecule has 1 atom stereocenters. The second-order valence-electron chi connectivity index (χ2n) is 14.8. The maximum absolute atomic E-state index is 13.2. The number of nitrogens with one attached hydrogen (secondary N) is 3. The van der Waals surface area contributed by atoms with E-state index in [1.807, 2.05) is 30.3 Å². The summed E-state index contributed by atoms with van der Waals surface area (Å²) in [5.74, 6) is 0.284. The Balaban J connectivity index is 0.815. The third-order valence-electron chi connectivity index (χ3n) is 10.8. The lowest BCUT2D eigenvalue weighted by Gasteiger charge is -2.36. The summed E-state index contributed by atoms with van der Waals surface area (Å²) in [6.07, 6.45) is 3.61. The topological polar surface area (TPSA) is 155 Å². The third-order valence-corrected chi connectivity index (χ3v) is 10.8. The normalized spacial score (nSPS) is 21.3. The van der Waals surface area contributed by atoms with Gasteiger partial charge in [0.2, 0.25) is 17.8 Å². The standard InChI is InChI=1S/C41H43N7O6/c1-41(2,25-3-8-30(9-4-25)53-24-28-15-16-43-40(45-28)47-19-17-42-18-20-47)26-5-10-31(11-6-26)54-32-21-29(22-32)44-27-7-12-33-34(23-27)39(52)48(38(33)51)35-13-14-36(49)46-37(35)50/h3-12,15-16,23,29,32,35,42,44H,13-14,17-22,24H2,1-2H3,(H,46,49,50). The molecule has 13 nitrogen and oxygen atoms in total. The molecule has 3 aromatic carbocycles. The van der Waals surface area contributed by atoms with Gasteiger partial charge in [-0.1, -0.05) is 38.1 Å². The van der Waals surface area contributed by atoms with Gasteiger partial charge in [0, 0.05) is 68.8 Å². The van der Waals surface area contributed by atoms with Crippen LogP contribution in [0, 0.1) is 0 Å². The number of amides is 4. The molecule has 3 fully saturated rings. The van der Waals surface area contributed by atoms with Crippen LogP contribution in [0.25, 0.3) is 0 Å². The van der Waals surface area contributed by atoms with Crippen LogP contribution < -0.4 is 30.3 Å². The van der Waals surface area contributed by atoms with Gasteiger partial charge in [0.15, 0.2) is 0 Å². The van der Waals surface area contributed by atoms with Crippen LogP contribution in [0.1, 0.15) is 77.1 Å². The largest absolute Gasteiger partial charge is 0.490 e. The van der Waals surface area contributed by atoms with Gasteiger partial charge in [0.25, 0.3) is 11.8 Å². The Morgan fingerprint density at radius 2 is 1.54 bits per heavy atom. The Kier molecular flexibility index (Phi) is 9.49. The number of hydrogen-bond donors (Lipinski definition) is 3. The second kappa shape index (κ2) is 14.5. The summed E-state index contributed by atoms with van der Waals surface area (Å²) in [4.78, 5) is 62.5. The van der Waals surface area contributed by atoms with E-state index in [0.717, 1.165) is 72.7 Å². The lowest BCUT2D eigenvalue weighted by atomic mass is 9.78. The molecule has 0 bridgehead atoms. The molecule has 54 heavy (non-hydrogen) atoms. The number of benzene rings is 3. The lowest BCUT2D eigenvalue weighted by Crippen LogP contribution is -2.54. The zero-order valence-electron chi connectivity index (χ0n) is 30.3. The van der Waals surface area contributed by atoms with Crippen molar-refractivity contribution in [1.29, 1.82) is 0 Å². The Bertz CT molecular complexity index is 2070. The van der Waals surface area contributed by atoms with Crippen molar-refractivity contribution in [2.24, 2.45) is 0 Å². The first-order chi connectivity index (χ1) is 26.1. The van der Waals surface area contributed by atoms with Crippen LogP contribution >= 0.6 is 0 Å². The Morgan fingerprint density at radius 3 is 2.24 bits per heavy atom. The van der Waals surface area contributed by atoms with Gasteiger partial charge in [-0.05, 0) is 66.1 Å². The number of piperazine rings is 1. The van der Waals surface area contributed by atoms with Crippen LogP contribution in [0.15, 0.2) is 79.0 Å². The van der Waals surface area contributed by atoms with E-state index < -0.39 is 29.7 Å². The molecule has 3 aliphatic heterocycles. The van der Waals surface area contributed by atoms with E-state index in [0.29, 0.717) is 6.61 Å². The molecular weight excluding hydrogens is 686 g/mol. The van der Waals surface area contributed by atoms with Crippen LogP contribution in [0.2, 0.25) is 0 Å². The molecule has 3 N–H and O–H groups in total. The number of anilines is 2. The minimum absolute atomic E-state index is 0.0468. The average molecular weight is 730 g/mol. The van der Waals surface area contributed by atoms with Gasteiger partial charge < -0.3 is 25.0 Å². The highest BCUT2D eigenvalue weighted by molar-refractivity contribution is 6.23. The van der Waals surface area contributed by atoms with E-state index in [9.17, 15) is 19.2 Å². The predicted octanol–water partition coefficient (Wildman–Crippen LogP) is 4.21. The molecule has 4 heterocycles. The third kappa shape index (κ3) is 7.11. The maximum Gasteiger partial charge on any atom is 0.262 e. The summed E-state index contributed by atoms with van der Waals surface area (Å²) in [6, 6.07) is 22.6. The second-order valence-corrected chi connectivity index (χ2v) is 14.8. The highest BCUT2D eigenvalue weighted by Gasteiger charge is 2.45. The summed E-state index contributed by atoms with van der Waals surface area (Å²) in [5, 5.41) is 9.02. The fraction of sp³-hybridized carbons (Fsp3) is 0.366. The van der Waals surface area contributed by atoms with Crippen molar-refractivity contribution >= 4 is 35.3 Å². The first-order valence-electron chi connectivity index (χ1n) is 18.5. The average Bonchev–Trinajstić information content (AvgIpc) is 3.42. The molecule has 4 amide bonds. The maximum atomic E-state index is 13.2. The van der Waals surface area contributed by atoms with Gasteiger partial charge >= 0.3 is 0 Å². The van der Waals surface area contributed by atoms with Crippen LogP contribution in [0.3, 0.4) is 0 Å². The summed E-state index contributed by atoms with van der Waals surface area (Å²) in [5.41, 5.74) is 4.18. The minimum Gasteiger partial charge on any atom is -0.490 e. The van der Waals surface area contributed by atoms with Gasteiger partial charge in [-0.2, -0.15) is 0 Å². The number of hydrogen-bond acceptors (Lipinski definition) is 11. The fourth-order valence-corrected chi connectivity index (χ4v) is 7.49. The van der Waals surface area contributed by atoms with Gasteiger partial charge in [0.05, 0.1) is 16.8 Å². The molecular formula is C41H43N7O6. The molecule has 2 saturated heterocycles. The van der Waals surface area contributed by atoms with E-state index in [2.05, 4.69) is 63.9 Å². The highest BCUT2D eigenvalue weighted by atomic mass is 16.5. The molecule has 8 rings (SSSR count). The van der Waals surface area contributed by atoms with E-state index in [1.54, 1.807) is 24.4 Å². The Hall–Kier alpha value is -5.82. The van der Waals surface area contributed by atoms with Crippen molar-refractivity contribution in [3.63, 3.8) is 0 Å². The Labute approximate surface area is 313 Å². The van der Waals surface area contributed by atoms with Crippen molar-refractivity contribution in [3.8, 4) is 11.5 Å². The molecule has 1 aromatic heterocycles. The van der Waals surface area contributed by atoms with Crippen LogP contribution in [-0.2, 0) is 21.6 Å². The predicted molar refractivity (Wildman–Crippen MR) is 201 cm³/mol. The molecule has 1 aliphatic carbocycles. The highest BCUT2D eigenvalue weighted by Crippen LogP contribution is 2.36. The molecule has 0 spiro atoms. The van der Waals surface area contributed by atoms with Crippen molar-refractivity contribution in [3.05, 3.63) is 107 Å². The molecule has 1 unspecified atom stereocenters. The van der Waals surface area contributed by atoms with Gasteiger partial charge in [0.1, 0.15) is 30.3 Å². The summed E-state index contributed by atoms with van der Waals surface area (Å²) < 4.78 is 12.4. The van der Waals surface area contributed by atoms with Crippen LogP contribution in [0.5, 0.6) is 11.5 Å². The number of nitrogens with zero attached hydrogens (tertiary/aromatic N) is 4. The Morgan fingerprint density at radius 1 is 0.852 bits per heavy atom. The fourth-order valence-electron chi connectivity index (χ4n) is 7.49. The molecule has 0 radical (unpaired) electrons. The number of carbonyl (C=O) groups excluding carboxylic acids is 4. The van der Waals surface area contributed by atoms with Crippen molar-refractivity contribution in [1.82, 2.24) is 25.5 Å². The number of aromatic nitrogens is 2.